The Bertz CT molecular complexity index is 3590. The molecule has 0 bridgehead atoms. The number of hydrogen-bond acceptors (Lipinski definition) is 5. The molecule has 12 aromatic rings. The Kier molecular flexibility index (Phi) is 6.92. The molecule has 5 nitrogen and oxygen atoms in total. The van der Waals surface area contributed by atoms with Gasteiger partial charge in [0.25, 0.3) is 0 Å². The summed E-state index contributed by atoms with van der Waals surface area (Å²) in [6.45, 7) is 0. The van der Waals surface area contributed by atoms with Crippen LogP contribution in [-0.2, 0) is 0 Å². The van der Waals surface area contributed by atoms with Gasteiger partial charge >= 0.3 is 0 Å². The van der Waals surface area contributed by atoms with Crippen molar-refractivity contribution in [3.05, 3.63) is 175 Å². The van der Waals surface area contributed by atoms with Crippen LogP contribution in [0.1, 0.15) is 0 Å². The summed E-state index contributed by atoms with van der Waals surface area (Å²) in [5.74, 6) is 0.970. The molecule has 0 atom stereocenters. The Morgan fingerprint density at radius 2 is 0.842 bits per heavy atom. The first kappa shape index (κ1) is 32.0. The first-order valence-electron chi connectivity index (χ1n) is 18.9. The van der Waals surface area contributed by atoms with Crippen molar-refractivity contribution in [2.24, 2.45) is 0 Å². The number of halogens is 1. The van der Waals surface area contributed by atoms with Gasteiger partial charge in [-0.15, -0.1) is 0 Å². The third-order valence-corrected chi connectivity index (χ3v) is 11.4. The lowest BCUT2D eigenvalue weighted by Crippen LogP contribution is -1.97. The zero-order chi connectivity index (χ0) is 37.6. The normalized spacial score (nSPS) is 11.9. The van der Waals surface area contributed by atoms with Crippen LogP contribution in [0.2, 0.25) is 5.28 Å². The van der Waals surface area contributed by atoms with Crippen LogP contribution in [0.5, 0.6) is 0 Å². The fourth-order valence-corrected chi connectivity index (χ4v) is 8.79. The Labute approximate surface area is 330 Å². The molecule has 12 rings (SSSR count). The molecule has 0 aliphatic heterocycles. The standard InChI is InChI=1S/C51H28ClN3O2/c52-51-54-49(32-10-7-9-29(25-32)30-19-22-39-37-13-2-1-11-35(37)36-12-3-4-14-38(36)42(39)26-30)53-50(55-51)33-20-23-41-47(28-33)57-46-18-8-16-34(48(41)46)31-21-24-45-43(27-31)40-15-5-6-17-44(40)56-45/h1-28H. The molecule has 0 aliphatic carbocycles. The second-order valence-electron chi connectivity index (χ2n) is 14.5. The van der Waals surface area contributed by atoms with Crippen molar-refractivity contribution in [2.75, 3.05) is 0 Å². The lowest BCUT2D eigenvalue weighted by molar-refractivity contribution is 0.669. The molecule has 9 aromatic carbocycles. The highest BCUT2D eigenvalue weighted by molar-refractivity contribution is 6.28. The monoisotopic (exact) mass is 749 g/mol. The second-order valence-corrected chi connectivity index (χ2v) is 14.8. The van der Waals surface area contributed by atoms with Crippen molar-refractivity contribution in [3.63, 3.8) is 0 Å². The fourth-order valence-electron chi connectivity index (χ4n) is 8.63. The number of para-hydroxylation sites is 1. The molecule has 0 fully saturated rings. The molecule has 57 heavy (non-hydrogen) atoms. The number of fused-ring (bicyclic) bond motifs is 12. The Morgan fingerprint density at radius 3 is 1.63 bits per heavy atom. The van der Waals surface area contributed by atoms with E-state index in [0.717, 1.165) is 77.3 Å². The third kappa shape index (κ3) is 5.06. The second kappa shape index (κ2) is 12.3. The molecule has 0 saturated heterocycles. The summed E-state index contributed by atoms with van der Waals surface area (Å²) in [4.78, 5) is 14.1. The fraction of sp³-hybridized carbons (Fsp3) is 0. The minimum atomic E-state index is 0.124. The van der Waals surface area contributed by atoms with E-state index in [0.29, 0.717) is 11.6 Å². The van der Waals surface area contributed by atoms with Crippen molar-refractivity contribution in [3.8, 4) is 45.0 Å². The maximum Gasteiger partial charge on any atom is 0.226 e. The summed E-state index contributed by atoms with van der Waals surface area (Å²) in [6, 6.07) is 59.1. The van der Waals surface area contributed by atoms with Gasteiger partial charge in [-0.1, -0.05) is 121 Å². The summed E-state index contributed by atoms with van der Waals surface area (Å²) in [5.41, 5.74) is 9.26. The predicted octanol–water partition coefficient (Wildman–Crippen LogP) is 14.5. The summed E-state index contributed by atoms with van der Waals surface area (Å²) < 4.78 is 12.6. The number of rotatable bonds is 4. The van der Waals surface area contributed by atoms with Gasteiger partial charge in [-0.3, -0.25) is 0 Å². The lowest BCUT2D eigenvalue weighted by Gasteiger charge is -2.12. The van der Waals surface area contributed by atoms with Gasteiger partial charge < -0.3 is 8.83 Å². The van der Waals surface area contributed by atoms with Crippen LogP contribution in [0.15, 0.2) is 179 Å². The molecule has 3 aromatic heterocycles. The summed E-state index contributed by atoms with van der Waals surface area (Å²) in [5, 5.41) is 11.8. The van der Waals surface area contributed by atoms with E-state index in [1.807, 2.05) is 60.7 Å². The topological polar surface area (TPSA) is 65.0 Å². The summed E-state index contributed by atoms with van der Waals surface area (Å²) in [6.07, 6.45) is 0. The molecular formula is C51H28ClN3O2. The quantitative estimate of drug-likeness (QED) is 0.168. The van der Waals surface area contributed by atoms with Crippen LogP contribution >= 0.6 is 11.6 Å². The SMILES string of the molecule is Clc1nc(-c2cccc(-c3ccc4c5ccccc5c5ccccc5c4c3)c2)nc(-c2ccc3c(c2)oc2cccc(-c4ccc5oc6ccccc6c5c4)c23)n1. The van der Waals surface area contributed by atoms with E-state index < -0.39 is 0 Å². The molecular weight excluding hydrogens is 722 g/mol. The maximum atomic E-state index is 6.62. The number of benzene rings is 9. The summed E-state index contributed by atoms with van der Waals surface area (Å²) >= 11 is 6.62. The van der Waals surface area contributed by atoms with Gasteiger partial charge in [0.1, 0.15) is 22.3 Å². The van der Waals surface area contributed by atoms with E-state index in [-0.39, 0.29) is 5.28 Å². The molecule has 266 valence electrons. The smallest absolute Gasteiger partial charge is 0.226 e. The zero-order valence-electron chi connectivity index (χ0n) is 30.2. The van der Waals surface area contributed by atoms with E-state index in [2.05, 4.69) is 119 Å². The highest BCUT2D eigenvalue weighted by atomic mass is 35.5. The molecule has 0 spiro atoms. The zero-order valence-corrected chi connectivity index (χ0v) is 31.0. The number of aromatic nitrogens is 3. The highest BCUT2D eigenvalue weighted by Gasteiger charge is 2.18. The molecule has 3 heterocycles. The third-order valence-electron chi connectivity index (χ3n) is 11.2. The minimum absolute atomic E-state index is 0.124. The van der Waals surface area contributed by atoms with Crippen LogP contribution in [0.4, 0.5) is 0 Å². The molecule has 0 unspecified atom stereocenters. The van der Waals surface area contributed by atoms with Gasteiger partial charge in [-0.2, -0.15) is 9.97 Å². The largest absolute Gasteiger partial charge is 0.456 e. The van der Waals surface area contributed by atoms with E-state index in [1.54, 1.807) is 0 Å². The number of hydrogen-bond donors (Lipinski definition) is 0. The van der Waals surface area contributed by atoms with Gasteiger partial charge in [-0.05, 0) is 115 Å². The maximum absolute atomic E-state index is 6.62. The van der Waals surface area contributed by atoms with E-state index in [9.17, 15) is 0 Å². The first-order valence-corrected chi connectivity index (χ1v) is 19.2. The first-order chi connectivity index (χ1) is 28.1. The molecule has 0 aliphatic rings. The molecule has 0 amide bonds. The number of nitrogens with zero attached hydrogens (tertiary/aromatic N) is 3. The van der Waals surface area contributed by atoms with Gasteiger partial charge in [0, 0.05) is 32.7 Å². The predicted molar refractivity (Wildman–Crippen MR) is 234 cm³/mol. The average Bonchev–Trinajstić information content (AvgIpc) is 3.84. The molecule has 6 heteroatoms. The van der Waals surface area contributed by atoms with Crippen LogP contribution in [0, 0.1) is 0 Å². The highest BCUT2D eigenvalue weighted by Crippen LogP contribution is 2.41. The van der Waals surface area contributed by atoms with Gasteiger partial charge in [0.2, 0.25) is 5.28 Å². The van der Waals surface area contributed by atoms with Gasteiger partial charge in [0.15, 0.2) is 11.6 Å². The summed E-state index contributed by atoms with van der Waals surface area (Å²) in [7, 11) is 0. The minimum Gasteiger partial charge on any atom is -0.456 e. The van der Waals surface area contributed by atoms with E-state index in [1.165, 1.54) is 32.3 Å². The molecule has 0 N–H and O–H groups in total. The Hall–Kier alpha value is -7.34. The molecule has 0 saturated carbocycles. The van der Waals surface area contributed by atoms with E-state index >= 15 is 0 Å². The van der Waals surface area contributed by atoms with Crippen molar-refractivity contribution in [2.45, 2.75) is 0 Å². The van der Waals surface area contributed by atoms with Crippen LogP contribution in [0.3, 0.4) is 0 Å². The van der Waals surface area contributed by atoms with Crippen LogP contribution in [0.25, 0.3) is 121 Å². The van der Waals surface area contributed by atoms with Gasteiger partial charge in [0.05, 0.1) is 0 Å². The van der Waals surface area contributed by atoms with Crippen LogP contribution in [-0.4, -0.2) is 15.0 Å². The van der Waals surface area contributed by atoms with Crippen LogP contribution < -0.4 is 0 Å². The van der Waals surface area contributed by atoms with Gasteiger partial charge in [-0.25, -0.2) is 4.98 Å². The van der Waals surface area contributed by atoms with Crippen molar-refractivity contribution >= 4 is 87.8 Å². The van der Waals surface area contributed by atoms with Crippen molar-refractivity contribution < 1.29 is 8.83 Å². The number of furan rings is 2. The Balaban J connectivity index is 0.930. The average molecular weight is 750 g/mol. The molecule has 0 radical (unpaired) electrons. The lowest BCUT2D eigenvalue weighted by atomic mass is 9.92. The Morgan fingerprint density at radius 1 is 0.316 bits per heavy atom. The van der Waals surface area contributed by atoms with Crippen molar-refractivity contribution in [1.82, 2.24) is 15.0 Å². The van der Waals surface area contributed by atoms with E-state index in [4.69, 9.17) is 25.4 Å². The van der Waals surface area contributed by atoms with Crippen molar-refractivity contribution in [1.29, 1.82) is 0 Å².